The minimum absolute atomic E-state index is 0.227. The minimum atomic E-state index is -0.759. The second-order valence-electron chi connectivity index (χ2n) is 7.38. The minimum Gasteiger partial charge on any atom is -0.616 e. The van der Waals surface area contributed by atoms with E-state index in [9.17, 15) is 4.55 Å². The Balaban J connectivity index is 2.34. The summed E-state index contributed by atoms with van der Waals surface area (Å²) in [7, 11) is 0. The zero-order valence-corrected chi connectivity index (χ0v) is 16.6. The highest BCUT2D eigenvalue weighted by atomic mass is 79.9. The van der Waals surface area contributed by atoms with E-state index in [1.807, 2.05) is 13.8 Å². The van der Waals surface area contributed by atoms with Crippen LogP contribution in [0.25, 0.3) is 10.9 Å². The van der Waals surface area contributed by atoms with Crippen molar-refractivity contribution in [3.05, 3.63) is 34.4 Å². The van der Waals surface area contributed by atoms with E-state index in [4.69, 9.17) is 0 Å². The van der Waals surface area contributed by atoms with Gasteiger partial charge in [0.1, 0.15) is 11.0 Å². The second kappa shape index (κ2) is 6.98. The zero-order chi connectivity index (χ0) is 16.5. The van der Waals surface area contributed by atoms with Crippen LogP contribution in [-0.2, 0) is 24.1 Å². The van der Waals surface area contributed by atoms with Gasteiger partial charge in [0.05, 0.1) is 6.54 Å². The molecule has 0 aliphatic rings. The standard InChI is InChI=1S/C18H26BrNOS/c1-13(2)22(21)9-8-20-12-14(11-18(3,4)5)16-10-15(19)6-7-17(16)20/h6-7,10,12-13H,8-9,11H2,1-5H3. The number of benzene rings is 1. The van der Waals surface area contributed by atoms with Crippen LogP contribution in [0.3, 0.4) is 0 Å². The topological polar surface area (TPSA) is 28.0 Å². The quantitative estimate of drug-likeness (QED) is 0.656. The third-order valence-corrected chi connectivity index (χ3v) is 5.84. The van der Waals surface area contributed by atoms with Crippen molar-refractivity contribution >= 4 is 38.0 Å². The third-order valence-electron chi connectivity index (χ3n) is 3.71. The average Bonchev–Trinajstić information content (AvgIpc) is 2.71. The van der Waals surface area contributed by atoms with Gasteiger partial charge in [-0.2, -0.15) is 0 Å². The lowest BCUT2D eigenvalue weighted by Crippen LogP contribution is -2.20. The predicted octanol–water partition coefficient (Wildman–Crippen LogP) is 5.15. The Hall–Kier alpha value is -0.450. The molecule has 4 heteroatoms. The number of aryl methyl sites for hydroxylation is 1. The number of hydrogen-bond donors (Lipinski definition) is 0. The Labute approximate surface area is 145 Å². The van der Waals surface area contributed by atoms with Crippen molar-refractivity contribution in [3.63, 3.8) is 0 Å². The molecule has 1 atom stereocenters. The van der Waals surface area contributed by atoms with Gasteiger partial charge in [-0.15, -0.1) is 0 Å². The maximum Gasteiger partial charge on any atom is 0.123 e. The average molecular weight is 384 g/mol. The van der Waals surface area contributed by atoms with Gasteiger partial charge in [0.15, 0.2) is 0 Å². The lowest BCUT2D eigenvalue weighted by Gasteiger charge is -2.17. The molecule has 1 aromatic carbocycles. The highest BCUT2D eigenvalue weighted by Crippen LogP contribution is 2.30. The van der Waals surface area contributed by atoms with Gasteiger partial charge in [0.25, 0.3) is 0 Å². The first kappa shape index (κ1) is 17.9. The Morgan fingerprint density at radius 1 is 1.27 bits per heavy atom. The monoisotopic (exact) mass is 383 g/mol. The summed E-state index contributed by atoms with van der Waals surface area (Å²) in [6.45, 7) is 11.6. The van der Waals surface area contributed by atoms with E-state index >= 15 is 0 Å². The van der Waals surface area contributed by atoms with Crippen LogP contribution in [0.4, 0.5) is 0 Å². The van der Waals surface area contributed by atoms with Gasteiger partial charge in [0.2, 0.25) is 0 Å². The summed E-state index contributed by atoms with van der Waals surface area (Å²) in [4.78, 5) is 0. The smallest absolute Gasteiger partial charge is 0.123 e. The first-order chi connectivity index (χ1) is 10.2. The largest absolute Gasteiger partial charge is 0.616 e. The molecule has 0 fully saturated rings. The van der Waals surface area contributed by atoms with Crippen molar-refractivity contribution in [2.24, 2.45) is 5.41 Å². The molecule has 1 unspecified atom stereocenters. The van der Waals surface area contributed by atoms with Crippen molar-refractivity contribution in [1.29, 1.82) is 0 Å². The molecule has 0 amide bonds. The van der Waals surface area contributed by atoms with Gasteiger partial charge in [0, 0.05) is 21.6 Å². The van der Waals surface area contributed by atoms with Crippen molar-refractivity contribution in [2.45, 2.75) is 52.8 Å². The maximum absolute atomic E-state index is 12.0. The van der Waals surface area contributed by atoms with Crippen LogP contribution in [0.1, 0.15) is 40.2 Å². The van der Waals surface area contributed by atoms with E-state index < -0.39 is 11.2 Å². The van der Waals surface area contributed by atoms with Gasteiger partial charge in [-0.25, -0.2) is 0 Å². The summed E-state index contributed by atoms with van der Waals surface area (Å²) >= 11 is 2.82. The van der Waals surface area contributed by atoms with Crippen molar-refractivity contribution in [3.8, 4) is 0 Å². The molecule has 0 aliphatic carbocycles. The Bertz CT molecular complexity index is 642. The number of nitrogens with zero attached hydrogens (tertiary/aromatic N) is 1. The van der Waals surface area contributed by atoms with E-state index in [1.54, 1.807) is 0 Å². The lowest BCUT2D eigenvalue weighted by atomic mass is 9.88. The van der Waals surface area contributed by atoms with Gasteiger partial charge in [-0.05, 0) is 60.6 Å². The first-order valence-corrected chi connectivity index (χ1v) is 9.99. The van der Waals surface area contributed by atoms with Crippen LogP contribution in [0.5, 0.6) is 0 Å². The van der Waals surface area contributed by atoms with Gasteiger partial charge in [-0.3, -0.25) is 0 Å². The fraction of sp³-hybridized carbons (Fsp3) is 0.556. The molecule has 2 aromatic rings. The van der Waals surface area contributed by atoms with E-state index in [1.165, 1.54) is 16.5 Å². The fourth-order valence-corrected chi connectivity index (χ4v) is 3.87. The first-order valence-electron chi connectivity index (χ1n) is 7.82. The molecule has 0 spiro atoms. The molecule has 0 saturated carbocycles. The Morgan fingerprint density at radius 3 is 2.55 bits per heavy atom. The summed E-state index contributed by atoms with van der Waals surface area (Å²) in [5.41, 5.74) is 2.87. The summed E-state index contributed by atoms with van der Waals surface area (Å²) in [6.07, 6.45) is 3.29. The third kappa shape index (κ3) is 4.53. The number of rotatable bonds is 5. The number of fused-ring (bicyclic) bond motifs is 1. The SMILES string of the molecule is CC(C)[S+]([O-])CCn1cc(CC(C)(C)C)c2cc(Br)ccc21. The zero-order valence-electron chi connectivity index (χ0n) is 14.1. The van der Waals surface area contributed by atoms with Gasteiger partial charge in [-0.1, -0.05) is 36.7 Å². The number of halogens is 1. The predicted molar refractivity (Wildman–Crippen MR) is 101 cm³/mol. The van der Waals surface area contributed by atoms with Crippen molar-refractivity contribution < 1.29 is 4.55 Å². The number of aromatic nitrogens is 1. The van der Waals surface area contributed by atoms with Crippen molar-refractivity contribution in [2.75, 3.05) is 5.75 Å². The van der Waals surface area contributed by atoms with Gasteiger partial charge >= 0.3 is 0 Å². The fourth-order valence-electron chi connectivity index (χ4n) is 2.66. The molecule has 0 bridgehead atoms. The molecular weight excluding hydrogens is 358 g/mol. The highest BCUT2D eigenvalue weighted by molar-refractivity contribution is 9.10. The van der Waals surface area contributed by atoms with E-state index in [0.29, 0.717) is 5.75 Å². The van der Waals surface area contributed by atoms with Crippen LogP contribution in [0.15, 0.2) is 28.9 Å². The molecule has 1 aromatic heterocycles. The molecular formula is C18H26BrNOS. The molecule has 1 heterocycles. The van der Waals surface area contributed by atoms with E-state index in [-0.39, 0.29) is 10.7 Å². The van der Waals surface area contributed by atoms with Crippen LogP contribution in [-0.4, -0.2) is 20.1 Å². The Kier molecular flexibility index (Phi) is 5.68. The second-order valence-corrected chi connectivity index (χ2v) is 10.4. The van der Waals surface area contributed by atoms with E-state index in [0.717, 1.165) is 17.4 Å². The molecule has 122 valence electrons. The van der Waals surface area contributed by atoms with Crippen LogP contribution >= 0.6 is 15.9 Å². The van der Waals surface area contributed by atoms with Crippen LogP contribution in [0.2, 0.25) is 0 Å². The molecule has 0 N–H and O–H groups in total. The lowest BCUT2D eigenvalue weighted by molar-refractivity contribution is 0.412. The van der Waals surface area contributed by atoms with E-state index in [2.05, 4.69) is 65.7 Å². The van der Waals surface area contributed by atoms with Crippen LogP contribution in [0, 0.1) is 5.41 Å². The molecule has 0 saturated heterocycles. The number of hydrogen-bond acceptors (Lipinski definition) is 1. The highest BCUT2D eigenvalue weighted by Gasteiger charge is 2.18. The maximum atomic E-state index is 12.0. The molecule has 0 radical (unpaired) electrons. The summed E-state index contributed by atoms with van der Waals surface area (Å²) < 4.78 is 15.4. The Morgan fingerprint density at radius 2 is 1.95 bits per heavy atom. The molecule has 22 heavy (non-hydrogen) atoms. The van der Waals surface area contributed by atoms with Gasteiger partial charge < -0.3 is 9.12 Å². The summed E-state index contributed by atoms with van der Waals surface area (Å²) in [5.74, 6) is 0.715. The van der Waals surface area contributed by atoms with Crippen LogP contribution < -0.4 is 0 Å². The summed E-state index contributed by atoms with van der Waals surface area (Å²) in [5, 5.41) is 1.53. The summed E-state index contributed by atoms with van der Waals surface area (Å²) in [6, 6.07) is 6.44. The molecule has 0 aliphatic heterocycles. The van der Waals surface area contributed by atoms with Crippen molar-refractivity contribution in [1.82, 2.24) is 4.57 Å². The normalized spacial score (nSPS) is 14.0. The molecule has 2 rings (SSSR count). The molecule has 2 nitrogen and oxygen atoms in total.